The molecule has 1 aromatic rings. The predicted molar refractivity (Wildman–Crippen MR) is 69.5 cm³/mol. The Labute approximate surface area is 115 Å². The van der Waals surface area contributed by atoms with Crippen LogP contribution in [0.25, 0.3) is 0 Å². The zero-order valence-electron chi connectivity index (χ0n) is 11.2. The van der Waals surface area contributed by atoms with Crippen LogP contribution in [0.5, 0.6) is 0 Å². The minimum Gasteiger partial charge on any atom is -0.481 e. The van der Waals surface area contributed by atoms with Crippen LogP contribution in [0.3, 0.4) is 0 Å². The standard InChI is InChI=1S/C14H18F3NO2/c1-10(18-8-4-7-13(19)20)9-11-5-2-3-6-12(11)14(15,16)17/h2-3,5-6,10,18H,4,7-9H2,1H3,(H,19,20). The number of hydrogen-bond donors (Lipinski definition) is 2. The van der Waals surface area contributed by atoms with Gasteiger partial charge < -0.3 is 10.4 Å². The van der Waals surface area contributed by atoms with E-state index in [-0.39, 0.29) is 24.4 Å². The zero-order valence-corrected chi connectivity index (χ0v) is 11.2. The zero-order chi connectivity index (χ0) is 15.2. The topological polar surface area (TPSA) is 49.3 Å². The number of benzene rings is 1. The summed E-state index contributed by atoms with van der Waals surface area (Å²) in [5.41, 5.74) is -0.363. The fourth-order valence-electron chi connectivity index (χ4n) is 1.96. The van der Waals surface area contributed by atoms with Crippen LogP contribution in [0.2, 0.25) is 0 Å². The molecule has 0 aliphatic carbocycles. The summed E-state index contributed by atoms with van der Waals surface area (Å²) in [6.45, 7) is 2.26. The van der Waals surface area contributed by atoms with Crippen LogP contribution < -0.4 is 5.32 Å². The van der Waals surface area contributed by atoms with Gasteiger partial charge in [0.2, 0.25) is 0 Å². The highest BCUT2D eigenvalue weighted by atomic mass is 19.4. The molecule has 0 aliphatic heterocycles. The van der Waals surface area contributed by atoms with Crippen molar-refractivity contribution < 1.29 is 23.1 Å². The van der Waals surface area contributed by atoms with E-state index in [1.54, 1.807) is 13.0 Å². The first-order valence-corrected chi connectivity index (χ1v) is 6.41. The molecule has 1 rings (SSSR count). The minimum absolute atomic E-state index is 0.0544. The van der Waals surface area contributed by atoms with Gasteiger partial charge in [0.25, 0.3) is 0 Å². The molecule has 20 heavy (non-hydrogen) atoms. The second-order valence-corrected chi connectivity index (χ2v) is 4.71. The molecular formula is C14H18F3NO2. The Hall–Kier alpha value is -1.56. The van der Waals surface area contributed by atoms with Crippen molar-refractivity contribution >= 4 is 5.97 Å². The van der Waals surface area contributed by atoms with Crippen LogP contribution >= 0.6 is 0 Å². The van der Waals surface area contributed by atoms with Gasteiger partial charge in [-0.05, 0) is 37.9 Å². The molecule has 0 amide bonds. The van der Waals surface area contributed by atoms with Gasteiger partial charge in [-0.15, -0.1) is 0 Å². The minimum atomic E-state index is -4.35. The van der Waals surface area contributed by atoms with Crippen molar-refractivity contribution in [2.24, 2.45) is 0 Å². The van der Waals surface area contributed by atoms with E-state index < -0.39 is 17.7 Å². The van der Waals surface area contributed by atoms with Crippen LogP contribution in [0.15, 0.2) is 24.3 Å². The summed E-state index contributed by atoms with van der Waals surface area (Å²) in [7, 11) is 0. The Kier molecular flexibility index (Phi) is 6.01. The fourth-order valence-corrected chi connectivity index (χ4v) is 1.96. The van der Waals surface area contributed by atoms with E-state index in [9.17, 15) is 18.0 Å². The van der Waals surface area contributed by atoms with Gasteiger partial charge in [-0.25, -0.2) is 0 Å². The first kappa shape index (κ1) is 16.5. The molecule has 0 saturated heterocycles. The maximum absolute atomic E-state index is 12.8. The molecule has 0 bridgehead atoms. The van der Waals surface area contributed by atoms with Gasteiger partial charge in [0.1, 0.15) is 0 Å². The lowest BCUT2D eigenvalue weighted by molar-refractivity contribution is -0.138. The van der Waals surface area contributed by atoms with Crippen molar-refractivity contribution in [3.63, 3.8) is 0 Å². The van der Waals surface area contributed by atoms with E-state index in [2.05, 4.69) is 5.32 Å². The highest BCUT2D eigenvalue weighted by Gasteiger charge is 2.32. The van der Waals surface area contributed by atoms with Gasteiger partial charge in [-0.2, -0.15) is 13.2 Å². The molecule has 0 radical (unpaired) electrons. The van der Waals surface area contributed by atoms with Gasteiger partial charge >= 0.3 is 12.1 Å². The number of aliphatic carboxylic acids is 1. The molecule has 0 aliphatic rings. The maximum atomic E-state index is 12.8. The molecular weight excluding hydrogens is 271 g/mol. The number of hydrogen-bond acceptors (Lipinski definition) is 2. The lowest BCUT2D eigenvalue weighted by atomic mass is 10.0. The van der Waals surface area contributed by atoms with Gasteiger partial charge in [0.15, 0.2) is 0 Å². The van der Waals surface area contributed by atoms with Gasteiger partial charge in [0.05, 0.1) is 5.56 Å². The molecule has 2 N–H and O–H groups in total. The molecule has 1 atom stereocenters. The number of rotatable bonds is 7. The number of alkyl halides is 3. The van der Waals surface area contributed by atoms with Crippen molar-refractivity contribution in [3.8, 4) is 0 Å². The van der Waals surface area contributed by atoms with Gasteiger partial charge in [0, 0.05) is 12.5 Å². The fraction of sp³-hybridized carbons (Fsp3) is 0.500. The predicted octanol–water partition coefficient (Wildman–Crippen LogP) is 3.09. The average Bonchev–Trinajstić information content (AvgIpc) is 2.34. The first-order valence-electron chi connectivity index (χ1n) is 6.41. The molecule has 0 spiro atoms. The highest BCUT2D eigenvalue weighted by Crippen LogP contribution is 2.32. The maximum Gasteiger partial charge on any atom is 0.416 e. The third kappa shape index (κ3) is 5.61. The SMILES string of the molecule is CC(Cc1ccccc1C(F)(F)F)NCCCC(=O)O. The Bertz CT molecular complexity index is 446. The summed E-state index contributed by atoms with van der Waals surface area (Å²) in [5.74, 6) is -0.873. The second-order valence-electron chi connectivity index (χ2n) is 4.71. The normalized spacial score (nSPS) is 13.2. The van der Waals surface area contributed by atoms with Crippen LogP contribution in [-0.4, -0.2) is 23.7 Å². The highest BCUT2D eigenvalue weighted by molar-refractivity contribution is 5.66. The summed E-state index contributed by atoms with van der Waals surface area (Å²) in [5, 5.41) is 11.5. The second kappa shape index (κ2) is 7.28. The van der Waals surface area contributed by atoms with E-state index in [4.69, 9.17) is 5.11 Å². The van der Waals surface area contributed by atoms with Crippen LogP contribution in [-0.2, 0) is 17.4 Å². The smallest absolute Gasteiger partial charge is 0.416 e. The molecule has 3 nitrogen and oxygen atoms in total. The van der Waals surface area contributed by atoms with Crippen molar-refractivity contribution in [2.45, 2.75) is 38.4 Å². The number of carboxylic acid groups (broad SMARTS) is 1. The van der Waals surface area contributed by atoms with E-state index in [1.165, 1.54) is 12.1 Å². The third-order valence-electron chi connectivity index (χ3n) is 2.91. The summed E-state index contributed by atoms with van der Waals surface area (Å²) in [6, 6.07) is 5.36. The van der Waals surface area contributed by atoms with E-state index in [0.717, 1.165) is 6.07 Å². The number of nitrogens with one attached hydrogen (secondary N) is 1. The lowest BCUT2D eigenvalue weighted by Crippen LogP contribution is -2.30. The van der Waals surface area contributed by atoms with Crippen LogP contribution in [0.1, 0.15) is 30.9 Å². The molecule has 1 aromatic carbocycles. The quantitative estimate of drug-likeness (QED) is 0.758. The molecule has 0 heterocycles. The van der Waals surface area contributed by atoms with Crippen LogP contribution in [0, 0.1) is 0 Å². The monoisotopic (exact) mass is 289 g/mol. The number of halogens is 3. The molecule has 0 aromatic heterocycles. The van der Waals surface area contributed by atoms with Gasteiger partial charge in [-0.3, -0.25) is 4.79 Å². The van der Waals surface area contributed by atoms with Crippen molar-refractivity contribution in [2.75, 3.05) is 6.54 Å². The van der Waals surface area contributed by atoms with E-state index in [1.807, 2.05) is 0 Å². The van der Waals surface area contributed by atoms with Crippen molar-refractivity contribution in [1.82, 2.24) is 5.32 Å². The molecule has 1 unspecified atom stereocenters. The summed E-state index contributed by atoms with van der Waals surface area (Å²) in [6.07, 6.45) is -3.58. The number of carboxylic acids is 1. The van der Waals surface area contributed by atoms with Crippen molar-refractivity contribution in [1.29, 1.82) is 0 Å². The largest absolute Gasteiger partial charge is 0.481 e. The molecule has 6 heteroatoms. The number of carbonyl (C=O) groups is 1. The Morgan fingerprint density at radius 2 is 2.00 bits per heavy atom. The summed E-state index contributed by atoms with van der Waals surface area (Å²) in [4.78, 5) is 10.3. The Morgan fingerprint density at radius 1 is 1.35 bits per heavy atom. The van der Waals surface area contributed by atoms with Gasteiger partial charge in [-0.1, -0.05) is 18.2 Å². The Balaban J connectivity index is 2.54. The summed E-state index contributed by atoms with van der Waals surface area (Å²) >= 11 is 0. The molecule has 0 fully saturated rings. The Morgan fingerprint density at radius 3 is 2.60 bits per heavy atom. The summed E-state index contributed by atoms with van der Waals surface area (Å²) < 4.78 is 38.4. The molecule has 0 saturated carbocycles. The lowest BCUT2D eigenvalue weighted by Gasteiger charge is -2.17. The van der Waals surface area contributed by atoms with Crippen molar-refractivity contribution in [3.05, 3.63) is 35.4 Å². The van der Waals surface area contributed by atoms with E-state index >= 15 is 0 Å². The van der Waals surface area contributed by atoms with E-state index in [0.29, 0.717) is 13.0 Å². The first-order chi connectivity index (χ1) is 9.30. The molecule has 112 valence electrons. The van der Waals surface area contributed by atoms with Crippen LogP contribution in [0.4, 0.5) is 13.2 Å². The average molecular weight is 289 g/mol. The third-order valence-corrected chi connectivity index (χ3v) is 2.91.